The van der Waals surface area contributed by atoms with Crippen molar-refractivity contribution in [2.45, 2.75) is 37.0 Å². The Morgan fingerprint density at radius 1 is 0.915 bits per heavy atom. The Balaban J connectivity index is 1.22. The number of pyridine rings is 1. The van der Waals surface area contributed by atoms with Crippen molar-refractivity contribution in [2.75, 3.05) is 49.4 Å². The predicted molar refractivity (Wildman–Crippen MR) is 187 cm³/mol. The SMILES string of the molecule is COc1ccc2c(c1)S(=O)(=O)CCN(c1cc(NCC3(N(Cc4ccccc4)Cc4ccccc4)COC3)c3cc(C)ccc3n1)C2. The zero-order valence-electron chi connectivity index (χ0n) is 26.9. The smallest absolute Gasteiger partial charge is 0.180 e. The molecule has 47 heavy (non-hydrogen) atoms. The van der Waals surface area contributed by atoms with Gasteiger partial charge in [0, 0.05) is 49.9 Å². The zero-order chi connectivity index (χ0) is 32.4. The van der Waals surface area contributed by atoms with E-state index in [1.165, 1.54) is 11.1 Å². The van der Waals surface area contributed by atoms with Crippen LogP contribution in [0.5, 0.6) is 5.75 Å². The minimum absolute atomic E-state index is 0.00206. The Bertz CT molecular complexity index is 1940. The minimum atomic E-state index is -3.48. The minimum Gasteiger partial charge on any atom is -0.497 e. The van der Waals surface area contributed by atoms with E-state index >= 15 is 0 Å². The highest BCUT2D eigenvalue weighted by Crippen LogP contribution is 2.35. The van der Waals surface area contributed by atoms with Crippen molar-refractivity contribution in [3.63, 3.8) is 0 Å². The van der Waals surface area contributed by atoms with Crippen LogP contribution in [0.4, 0.5) is 11.5 Å². The highest BCUT2D eigenvalue weighted by atomic mass is 32.2. The second-order valence-corrected chi connectivity index (χ2v) is 14.7. The van der Waals surface area contributed by atoms with Crippen LogP contribution in [0.25, 0.3) is 10.9 Å². The summed E-state index contributed by atoms with van der Waals surface area (Å²) in [5, 5.41) is 4.87. The van der Waals surface area contributed by atoms with Crippen LogP contribution in [0.15, 0.2) is 108 Å². The van der Waals surface area contributed by atoms with Crippen molar-refractivity contribution >= 4 is 32.2 Å². The molecule has 0 bridgehead atoms. The summed E-state index contributed by atoms with van der Waals surface area (Å²) in [5.74, 6) is 1.28. The van der Waals surface area contributed by atoms with Crippen LogP contribution in [0.2, 0.25) is 0 Å². The molecule has 9 heteroatoms. The lowest BCUT2D eigenvalue weighted by Gasteiger charge is -2.50. The van der Waals surface area contributed by atoms with Gasteiger partial charge in [0.05, 0.1) is 42.0 Å². The third-order valence-electron chi connectivity index (χ3n) is 9.33. The van der Waals surface area contributed by atoms with Crippen LogP contribution in [0.3, 0.4) is 0 Å². The number of rotatable bonds is 10. The van der Waals surface area contributed by atoms with Gasteiger partial charge in [-0.3, -0.25) is 4.90 Å². The first kappa shape index (κ1) is 31.2. The third-order valence-corrected chi connectivity index (χ3v) is 11.1. The molecule has 0 spiro atoms. The van der Waals surface area contributed by atoms with Crippen molar-refractivity contribution in [3.8, 4) is 5.75 Å². The number of aryl methyl sites for hydroxylation is 1. The molecule has 0 aliphatic carbocycles. The molecule has 2 aliphatic heterocycles. The fraction of sp³-hybridized carbons (Fsp3) is 0.289. The summed E-state index contributed by atoms with van der Waals surface area (Å²) in [5.41, 5.74) is 6.03. The first-order valence-corrected chi connectivity index (χ1v) is 17.7. The molecule has 1 fully saturated rings. The molecule has 1 aromatic heterocycles. The summed E-state index contributed by atoms with van der Waals surface area (Å²) in [6, 6.07) is 34.9. The first-order valence-electron chi connectivity index (χ1n) is 16.0. The van der Waals surface area contributed by atoms with Gasteiger partial charge < -0.3 is 19.7 Å². The lowest BCUT2D eigenvalue weighted by Crippen LogP contribution is -2.65. The molecule has 0 unspecified atom stereocenters. The second-order valence-electron chi connectivity index (χ2n) is 12.7. The fourth-order valence-corrected chi connectivity index (χ4v) is 8.04. The van der Waals surface area contributed by atoms with Crippen LogP contribution >= 0.6 is 0 Å². The van der Waals surface area contributed by atoms with Gasteiger partial charge in [-0.05, 0) is 47.9 Å². The Labute approximate surface area is 276 Å². The van der Waals surface area contributed by atoms with Gasteiger partial charge in [-0.1, -0.05) is 78.4 Å². The molecule has 8 nitrogen and oxygen atoms in total. The largest absolute Gasteiger partial charge is 0.497 e. The molecule has 5 aromatic rings. The van der Waals surface area contributed by atoms with Gasteiger partial charge in [-0.15, -0.1) is 0 Å². The average Bonchev–Trinajstić information content (AvgIpc) is 3.20. The Hall–Kier alpha value is -4.44. The molecule has 7 rings (SSSR count). The monoisotopic (exact) mass is 648 g/mol. The number of benzene rings is 4. The molecule has 0 atom stereocenters. The van der Waals surface area contributed by atoms with E-state index in [0.29, 0.717) is 43.5 Å². The maximum absolute atomic E-state index is 13.3. The number of nitrogens with one attached hydrogen (secondary N) is 1. The summed E-state index contributed by atoms with van der Waals surface area (Å²) >= 11 is 0. The van der Waals surface area contributed by atoms with Gasteiger partial charge in [0.1, 0.15) is 11.6 Å². The number of nitrogens with zero attached hydrogens (tertiary/aromatic N) is 3. The van der Waals surface area contributed by atoms with Crippen LogP contribution in [0.1, 0.15) is 22.3 Å². The summed E-state index contributed by atoms with van der Waals surface area (Å²) in [7, 11) is -1.93. The summed E-state index contributed by atoms with van der Waals surface area (Å²) < 4.78 is 37.9. The van der Waals surface area contributed by atoms with E-state index in [2.05, 4.69) is 101 Å². The van der Waals surface area contributed by atoms with Gasteiger partial charge in [0.15, 0.2) is 9.84 Å². The molecule has 2 aliphatic rings. The maximum Gasteiger partial charge on any atom is 0.180 e. The number of hydrogen-bond acceptors (Lipinski definition) is 8. The quantitative estimate of drug-likeness (QED) is 0.191. The second kappa shape index (κ2) is 13.0. The molecule has 0 radical (unpaired) electrons. The van der Waals surface area contributed by atoms with Crippen molar-refractivity contribution in [1.29, 1.82) is 0 Å². The molecular formula is C38H40N4O4S. The van der Waals surface area contributed by atoms with Crippen LogP contribution < -0.4 is 15.0 Å². The number of aromatic nitrogens is 1. The molecular weight excluding hydrogens is 609 g/mol. The lowest BCUT2D eigenvalue weighted by molar-refractivity contribution is -0.140. The number of hydrogen-bond donors (Lipinski definition) is 1. The van der Waals surface area contributed by atoms with E-state index in [9.17, 15) is 8.42 Å². The van der Waals surface area contributed by atoms with Gasteiger partial charge in [0.2, 0.25) is 0 Å². The van der Waals surface area contributed by atoms with Crippen molar-refractivity contribution in [3.05, 3.63) is 125 Å². The van der Waals surface area contributed by atoms with E-state index in [4.69, 9.17) is 14.5 Å². The highest BCUT2D eigenvalue weighted by molar-refractivity contribution is 7.91. The van der Waals surface area contributed by atoms with E-state index in [0.717, 1.165) is 46.6 Å². The van der Waals surface area contributed by atoms with Crippen LogP contribution in [-0.4, -0.2) is 63.0 Å². The lowest BCUT2D eigenvalue weighted by atomic mass is 9.92. The molecule has 1 N–H and O–H groups in total. The number of fused-ring (bicyclic) bond motifs is 2. The topological polar surface area (TPSA) is 84.0 Å². The summed E-state index contributed by atoms with van der Waals surface area (Å²) in [6.45, 7) is 6.38. The molecule has 0 amide bonds. The highest BCUT2D eigenvalue weighted by Gasteiger charge is 2.44. The van der Waals surface area contributed by atoms with Crippen molar-refractivity contribution in [1.82, 2.24) is 9.88 Å². The fourth-order valence-electron chi connectivity index (χ4n) is 6.53. The van der Waals surface area contributed by atoms with Gasteiger partial charge >= 0.3 is 0 Å². The van der Waals surface area contributed by atoms with Crippen LogP contribution in [-0.2, 0) is 34.2 Å². The zero-order valence-corrected chi connectivity index (χ0v) is 27.7. The Morgan fingerprint density at radius 2 is 1.62 bits per heavy atom. The Morgan fingerprint density at radius 3 is 2.26 bits per heavy atom. The van der Waals surface area contributed by atoms with Crippen LogP contribution in [0, 0.1) is 6.92 Å². The van der Waals surface area contributed by atoms with Crippen molar-refractivity contribution in [2.24, 2.45) is 0 Å². The first-order chi connectivity index (χ1) is 22.8. The van der Waals surface area contributed by atoms with E-state index in [1.54, 1.807) is 13.2 Å². The van der Waals surface area contributed by atoms with E-state index < -0.39 is 9.84 Å². The Kier molecular flexibility index (Phi) is 8.61. The normalized spacial score (nSPS) is 16.7. The molecule has 242 valence electrons. The summed E-state index contributed by atoms with van der Waals surface area (Å²) in [4.78, 5) is 9.99. The number of anilines is 2. The maximum atomic E-state index is 13.3. The third kappa shape index (κ3) is 6.56. The predicted octanol–water partition coefficient (Wildman–Crippen LogP) is 6.23. The molecule has 0 saturated carbocycles. The number of sulfone groups is 1. The van der Waals surface area contributed by atoms with Gasteiger partial charge in [-0.25, -0.2) is 13.4 Å². The molecule has 1 saturated heterocycles. The molecule has 3 heterocycles. The number of methoxy groups -OCH3 is 1. The number of ether oxygens (including phenoxy) is 2. The average molecular weight is 649 g/mol. The standard InChI is InChI=1S/C38H40N4O4S/c1-28-13-16-34-33(19-28)35(21-37(40-34)41-17-18-47(43,44)36-20-32(45-2)15-14-31(36)24-41)39-25-38(26-46-27-38)42(22-29-9-5-3-6-10-29)23-30-11-7-4-8-12-30/h3-16,19-21H,17-18,22-27H2,1-2H3,(H,39,40). The van der Waals surface area contributed by atoms with E-state index in [1.807, 2.05) is 18.2 Å². The van der Waals surface area contributed by atoms with Gasteiger partial charge in [0.25, 0.3) is 0 Å². The van der Waals surface area contributed by atoms with Gasteiger partial charge in [-0.2, -0.15) is 0 Å². The van der Waals surface area contributed by atoms with E-state index in [-0.39, 0.29) is 11.3 Å². The molecule has 4 aromatic carbocycles. The van der Waals surface area contributed by atoms with Crippen molar-refractivity contribution < 1.29 is 17.9 Å². The summed E-state index contributed by atoms with van der Waals surface area (Å²) in [6.07, 6.45) is 0.